The number of anilines is 1. The minimum Gasteiger partial charge on any atom is -0.383 e. The van der Waals surface area contributed by atoms with E-state index < -0.39 is 0 Å². The van der Waals surface area contributed by atoms with Crippen LogP contribution in [0, 0.1) is 5.41 Å². The fourth-order valence-electron chi connectivity index (χ4n) is 6.24. The molecular weight excluding hydrogens is 498 g/mol. The molecule has 0 radical (unpaired) electrons. The van der Waals surface area contributed by atoms with Gasteiger partial charge < -0.3 is 10.6 Å². The number of nitrogen functional groups attached to an aromatic ring is 1. The van der Waals surface area contributed by atoms with Gasteiger partial charge in [0.2, 0.25) is 5.91 Å². The Hall–Kier alpha value is -4.56. The van der Waals surface area contributed by atoms with Gasteiger partial charge in [-0.15, -0.1) is 0 Å². The van der Waals surface area contributed by atoms with Gasteiger partial charge in [0.15, 0.2) is 11.5 Å². The lowest BCUT2D eigenvalue weighted by Crippen LogP contribution is -2.57. The molecule has 0 bridgehead atoms. The fourth-order valence-corrected chi connectivity index (χ4v) is 6.24. The number of imidazole rings is 1. The molecule has 40 heavy (non-hydrogen) atoms. The van der Waals surface area contributed by atoms with Crippen molar-refractivity contribution in [3.05, 3.63) is 90.6 Å². The third-order valence-electron chi connectivity index (χ3n) is 8.26. The average Bonchev–Trinajstić information content (AvgIpc) is 3.57. The molecule has 0 aliphatic carbocycles. The topological polar surface area (TPSA) is 93.2 Å². The summed E-state index contributed by atoms with van der Waals surface area (Å²) in [4.78, 5) is 30.6. The minimum absolute atomic E-state index is 0.190. The van der Waals surface area contributed by atoms with Crippen LogP contribution in [0.1, 0.15) is 18.9 Å². The number of carbonyl (C=O) groups is 1. The molecule has 2 aliphatic heterocycles. The van der Waals surface area contributed by atoms with Crippen LogP contribution in [0.5, 0.6) is 0 Å². The highest BCUT2D eigenvalue weighted by Gasteiger charge is 2.47. The van der Waals surface area contributed by atoms with E-state index in [1.807, 2.05) is 47.4 Å². The van der Waals surface area contributed by atoms with Crippen LogP contribution in [-0.4, -0.2) is 61.4 Å². The van der Waals surface area contributed by atoms with Crippen LogP contribution in [0.3, 0.4) is 0 Å². The first kappa shape index (κ1) is 24.5. The summed E-state index contributed by atoms with van der Waals surface area (Å²) in [6.07, 6.45) is 2.80. The maximum Gasteiger partial charge on any atom is 0.219 e. The number of fused-ring (bicyclic) bond motifs is 1. The van der Waals surface area contributed by atoms with Crippen LogP contribution in [0.25, 0.3) is 39.5 Å². The monoisotopic (exact) mass is 529 g/mol. The predicted octanol–water partition coefficient (Wildman–Crippen LogP) is 4.79. The van der Waals surface area contributed by atoms with Gasteiger partial charge in [-0.3, -0.25) is 14.3 Å². The first-order chi connectivity index (χ1) is 19.5. The second kappa shape index (κ2) is 9.57. The maximum absolute atomic E-state index is 11.8. The van der Waals surface area contributed by atoms with Crippen molar-refractivity contribution in [3.8, 4) is 28.3 Å². The maximum atomic E-state index is 11.8. The molecule has 2 fully saturated rings. The minimum atomic E-state index is 0.190. The van der Waals surface area contributed by atoms with Crippen molar-refractivity contribution in [2.24, 2.45) is 5.41 Å². The molecular formula is C32H31N7O. The molecule has 8 heteroatoms. The molecule has 7 rings (SSSR count). The number of benzene rings is 2. The number of amides is 1. The molecule has 2 aliphatic rings. The van der Waals surface area contributed by atoms with Crippen LogP contribution in [0.4, 0.5) is 5.82 Å². The zero-order chi connectivity index (χ0) is 27.3. The number of aromatic nitrogens is 4. The van der Waals surface area contributed by atoms with Gasteiger partial charge in [0.25, 0.3) is 0 Å². The number of pyridine rings is 2. The molecule has 2 saturated heterocycles. The van der Waals surface area contributed by atoms with Gasteiger partial charge in [-0.1, -0.05) is 42.5 Å². The van der Waals surface area contributed by atoms with Crippen LogP contribution in [0.15, 0.2) is 85.1 Å². The fraction of sp³-hybridized carbons (Fsp3) is 0.250. The molecule has 0 atom stereocenters. The molecule has 3 aromatic heterocycles. The molecule has 8 nitrogen and oxygen atoms in total. The van der Waals surface area contributed by atoms with Crippen molar-refractivity contribution >= 4 is 22.9 Å². The quantitative estimate of drug-likeness (QED) is 0.352. The van der Waals surface area contributed by atoms with Crippen LogP contribution in [0.2, 0.25) is 0 Å². The smallest absolute Gasteiger partial charge is 0.219 e. The van der Waals surface area contributed by atoms with Crippen molar-refractivity contribution in [3.63, 3.8) is 0 Å². The number of carbonyl (C=O) groups excluding carboxylic acids is 1. The highest BCUT2D eigenvalue weighted by atomic mass is 16.2. The van der Waals surface area contributed by atoms with Crippen LogP contribution in [-0.2, 0) is 11.3 Å². The van der Waals surface area contributed by atoms with Gasteiger partial charge in [0.05, 0.1) is 11.3 Å². The normalized spacial score (nSPS) is 16.5. The van der Waals surface area contributed by atoms with Crippen molar-refractivity contribution in [1.29, 1.82) is 0 Å². The molecule has 200 valence electrons. The third kappa shape index (κ3) is 4.30. The van der Waals surface area contributed by atoms with Crippen molar-refractivity contribution in [1.82, 2.24) is 29.3 Å². The van der Waals surface area contributed by atoms with E-state index in [1.54, 1.807) is 13.1 Å². The van der Waals surface area contributed by atoms with Gasteiger partial charge in [0, 0.05) is 62.5 Å². The lowest BCUT2D eigenvalue weighted by molar-refractivity contribution is -0.128. The molecule has 0 unspecified atom stereocenters. The summed E-state index contributed by atoms with van der Waals surface area (Å²) >= 11 is 0. The Morgan fingerprint density at radius 1 is 0.925 bits per heavy atom. The van der Waals surface area contributed by atoms with Crippen LogP contribution >= 0.6 is 0 Å². The van der Waals surface area contributed by atoms with Gasteiger partial charge in [0.1, 0.15) is 11.3 Å². The highest BCUT2D eigenvalue weighted by molar-refractivity contribution is 5.84. The van der Waals surface area contributed by atoms with E-state index in [0.29, 0.717) is 11.6 Å². The zero-order valence-electron chi connectivity index (χ0n) is 22.5. The Morgan fingerprint density at radius 2 is 1.73 bits per heavy atom. The summed E-state index contributed by atoms with van der Waals surface area (Å²) in [6, 6.07) is 26.6. The van der Waals surface area contributed by atoms with Crippen molar-refractivity contribution in [2.75, 3.05) is 31.9 Å². The highest BCUT2D eigenvalue weighted by Crippen LogP contribution is 2.40. The van der Waals surface area contributed by atoms with Gasteiger partial charge in [-0.25, -0.2) is 15.0 Å². The molecule has 0 saturated carbocycles. The molecule has 5 aromatic rings. The molecule has 2 aromatic carbocycles. The van der Waals surface area contributed by atoms with Crippen LogP contribution < -0.4 is 5.73 Å². The number of hydrogen-bond donors (Lipinski definition) is 1. The molecule has 5 heterocycles. The Balaban J connectivity index is 1.20. The first-order valence-corrected chi connectivity index (χ1v) is 13.7. The zero-order valence-corrected chi connectivity index (χ0v) is 22.5. The number of nitrogens with two attached hydrogens (primary N) is 1. The van der Waals surface area contributed by atoms with E-state index in [4.69, 9.17) is 15.7 Å². The Labute approximate surface area is 233 Å². The molecule has 2 N–H and O–H groups in total. The standard InChI is InChI=1S/C32H31N7O/c1-22(40)38-17-15-32(21-38)19-37(20-32)18-23-9-11-25(12-10-23)39-30(26-8-5-16-34-29(26)33)36-28-14-13-27(35-31(28)39)24-6-3-2-4-7-24/h2-14,16H,15,17-21H2,1H3,(H2,33,34). The van der Waals surface area contributed by atoms with E-state index in [2.05, 4.69) is 50.8 Å². The summed E-state index contributed by atoms with van der Waals surface area (Å²) in [6.45, 7) is 6.44. The van der Waals surface area contributed by atoms with Gasteiger partial charge in [-0.05, 0) is 48.4 Å². The second-order valence-corrected chi connectivity index (χ2v) is 11.1. The number of likely N-dealkylation sites (tertiary alicyclic amines) is 2. The van der Waals surface area contributed by atoms with E-state index in [-0.39, 0.29) is 11.3 Å². The summed E-state index contributed by atoms with van der Waals surface area (Å²) in [7, 11) is 0. The Morgan fingerprint density at radius 3 is 2.45 bits per heavy atom. The SMILES string of the molecule is CC(=O)N1CCC2(CN(Cc3ccc(-n4c(-c5cccnc5N)nc5ccc(-c6ccccc6)nc54)cc3)C2)C1. The van der Waals surface area contributed by atoms with Gasteiger partial charge in [-0.2, -0.15) is 0 Å². The Bertz CT molecular complexity index is 1710. The molecule has 1 spiro atoms. The number of hydrogen-bond acceptors (Lipinski definition) is 6. The van der Waals surface area contributed by atoms with E-state index >= 15 is 0 Å². The summed E-state index contributed by atoms with van der Waals surface area (Å²) in [5.41, 5.74) is 13.1. The molecule has 1 amide bonds. The second-order valence-electron chi connectivity index (χ2n) is 11.1. The average molecular weight is 530 g/mol. The number of rotatable bonds is 5. The van der Waals surface area contributed by atoms with E-state index in [9.17, 15) is 4.79 Å². The Kier molecular flexibility index (Phi) is 5.86. The van der Waals surface area contributed by atoms with E-state index in [1.165, 1.54) is 5.56 Å². The van der Waals surface area contributed by atoms with Gasteiger partial charge >= 0.3 is 0 Å². The van der Waals surface area contributed by atoms with Crippen molar-refractivity contribution in [2.45, 2.75) is 19.9 Å². The first-order valence-electron chi connectivity index (χ1n) is 13.7. The van der Waals surface area contributed by atoms with Crippen molar-refractivity contribution < 1.29 is 4.79 Å². The lowest BCUT2D eigenvalue weighted by Gasteiger charge is -2.48. The predicted molar refractivity (Wildman–Crippen MR) is 157 cm³/mol. The summed E-state index contributed by atoms with van der Waals surface area (Å²) in [5.74, 6) is 1.34. The van der Waals surface area contributed by atoms with E-state index in [0.717, 1.165) is 72.8 Å². The largest absolute Gasteiger partial charge is 0.383 e. The lowest BCUT2D eigenvalue weighted by atomic mass is 9.79. The summed E-state index contributed by atoms with van der Waals surface area (Å²) < 4.78 is 2.08. The summed E-state index contributed by atoms with van der Waals surface area (Å²) in [5, 5.41) is 0. The third-order valence-corrected chi connectivity index (χ3v) is 8.26. The number of nitrogens with zero attached hydrogens (tertiary/aromatic N) is 6.